The topological polar surface area (TPSA) is 60.2 Å². The largest absolute Gasteiger partial charge is 0.379 e. The third-order valence-electron chi connectivity index (χ3n) is 2.10. The quantitative estimate of drug-likeness (QED) is 0.421. The number of aryl methyl sites for hydroxylation is 1. The first-order valence-corrected chi connectivity index (χ1v) is 5.25. The molecule has 0 fully saturated rings. The van der Waals surface area contributed by atoms with Gasteiger partial charge in [0, 0.05) is 12.3 Å². The van der Waals surface area contributed by atoms with Crippen LogP contribution in [0.5, 0.6) is 0 Å². The predicted octanol–water partition coefficient (Wildman–Crippen LogP) is 1.32. The molecular weight excluding hydrogens is 190 g/mol. The molecule has 4 nitrogen and oxygen atoms in total. The van der Waals surface area contributed by atoms with E-state index in [0.717, 1.165) is 24.4 Å². The Balaban J connectivity index is 2.57. The van der Waals surface area contributed by atoms with E-state index in [2.05, 4.69) is 17.3 Å². The fourth-order valence-electron chi connectivity index (χ4n) is 1.32. The van der Waals surface area contributed by atoms with Crippen molar-refractivity contribution >= 4 is 0 Å². The van der Waals surface area contributed by atoms with Crippen LogP contribution in [0, 0.1) is 6.92 Å². The molecule has 3 N–H and O–H groups in total. The lowest BCUT2D eigenvalue weighted by Gasteiger charge is -2.15. The van der Waals surface area contributed by atoms with Crippen molar-refractivity contribution in [1.82, 2.24) is 10.4 Å². The number of rotatable bonds is 6. The van der Waals surface area contributed by atoms with E-state index < -0.39 is 0 Å². The van der Waals surface area contributed by atoms with Crippen LogP contribution in [0.2, 0.25) is 0 Å². The Morgan fingerprint density at radius 2 is 2.33 bits per heavy atom. The summed E-state index contributed by atoms with van der Waals surface area (Å²) >= 11 is 0. The van der Waals surface area contributed by atoms with E-state index in [0.29, 0.717) is 6.61 Å². The van der Waals surface area contributed by atoms with Crippen molar-refractivity contribution in [2.45, 2.75) is 26.3 Å². The highest BCUT2D eigenvalue weighted by atomic mass is 16.5. The first-order chi connectivity index (χ1) is 7.27. The number of nitrogens with two attached hydrogens (primary N) is 1. The van der Waals surface area contributed by atoms with Crippen molar-refractivity contribution in [3.8, 4) is 0 Å². The lowest BCUT2D eigenvalue weighted by atomic mass is 10.2. The highest BCUT2D eigenvalue weighted by Crippen LogP contribution is 2.10. The van der Waals surface area contributed by atoms with Crippen LogP contribution >= 0.6 is 0 Å². The molecule has 0 aliphatic rings. The first-order valence-electron chi connectivity index (χ1n) is 5.25. The van der Waals surface area contributed by atoms with Gasteiger partial charge in [-0.15, -0.1) is 0 Å². The minimum Gasteiger partial charge on any atom is -0.379 e. The summed E-state index contributed by atoms with van der Waals surface area (Å²) in [5, 5.41) is 0. The van der Waals surface area contributed by atoms with Gasteiger partial charge in [-0.3, -0.25) is 10.8 Å². The summed E-state index contributed by atoms with van der Waals surface area (Å²) in [6.07, 6.45) is 1.01. The van der Waals surface area contributed by atoms with Crippen molar-refractivity contribution in [1.29, 1.82) is 0 Å². The van der Waals surface area contributed by atoms with Crippen molar-refractivity contribution in [3.63, 3.8) is 0 Å². The number of nitrogens with zero attached hydrogens (tertiary/aromatic N) is 1. The summed E-state index contributed by atoms with van der Waals surface area (Å²) in [6.45, 7) is 5.35. The van der Waals surface area contributed by atoms with E-state index in [-0.39, 0.29) is 6.04 Å². The van der Waals surface area contributed by atoms with Crippen molar-refractivity contribution < 1.29 is 4.74 Å². The minimum atomic E-state index is -0.0311. The minimum absolute atomic E-state index is 0.0311. The molecule has 1 unspecified atom stereocenters. The first kappa shape index (κ1) is 12.1. The molecule has 1 heterocycles. The second-order valence-corrected chi connectivity index (χ2v) is 3.50. The Labute approximate surface area is 90.8 Å². The van der Waals surface area contributed by atoms with Gasteiger partial charge in [-0.1, -0.05) is 13.0 Å². The van der Waals surface area contributed by atoms with Crippen LogP contribution in [0.4, 0.5) is 0 Å². The van der Waals surface area contributed by atoms with Gasteiger partial charge in [0.2, 0.25) is 0 Å². The van der Waals surface area contributed by atoms with Crippen molar-refractivity contribution in [3.05, 3.63) is 29.6 Å². The number of hydrogen-bond acceptors (Lipinski definition) is 4. The molecule has 15 heavy (non-hydrogen) atoms. The molecule has 1 aromatic rings. The van der Waals surface area contributed by atoms with Gasteiger partial charge >= 0.3 is 0 Å². The van der Waals surface area contributed by atoms with E-state index in [1.54, 1.807) is 0 Å². The number of pyridine rings is 1. The highest BCUT2D eigenvalue weighted by Gasteiger charge is 2.10. The average molecular weight is 209 g/mol. The van der Waals surface area contributed by atoms with E-state index in [1.165, 1.54) is 0 Å². The molecular formula is C11H19N3O. The Morgan fingerprint density at radius 1 is 1.53 bits per heavy atom. The molecule has 84 valence electrons. The molecule has 0 aromatic carbocycles. The smallest absolute Gasteiger partial charge is 0.0865 e. The SMILES string of the molecule is CCCOCC(NN)c1cccc(C)n1. The number of aromatic nitrogens is 1. The van der Waals surface area contributed by atoms with Crippen LogP contribution in [0.1, 0.15) is 30.8 Å². The number of hydrazine groups is 1. The Kier molecular flexibility index (Phi) is 5.25. The molecule has 0 amide bonds. The van der Waals surface area contributed by atoms with E-state index in [1.807, 2.05) is 25.1 Å². The molecule has 0 saturated heterocycles. The normalized spacial score (nSPS) is 12.7. The Morgan fingerprint density at radius 3 is 2.93 bits per heavy atom. The number of hydrogen-bond donors (Lipinski definition) is 2. The van der Waals surface area contributed by atoms with Crippen LogP contribution in [-0.2, 0) is 4.74 Å². The fraction of sp³-hybridized carbons (Fsp3) is 0.545. The standard InChI is InChI=1S/C11H19N3O/c1-3-7-15-8-11(14-12)10-6-4-5-9(2)13-10/h4-6,11,14H,3,7-8,12H2,1-2H3. The third kappa shape index (κ3) is 3.95. The molecule has 0 spiro atoms. The van der Waals surface area contributed by atoms with Crippen molar-refractivity contribution in [2.75, 3.05) is 13.2 Å². The number of ether oxygens (including phenoxy) is 1. The van der Waals surface area contributed by atoms with Crippen LogP contribution in [-0.4, -0.2) is 18.2 Å². The van der Waals surface area contributed by atoms with Gasteiger partial charge in [0.25, 0.3) is 0 Å². The maximum atomic E-state index is 5.47. The van der Waals surface area contributed by atoms with Crippen LogP contribution in [0.3, 0.4) is 0 Å². The predicted molar refractivity (Wildman–Crippen MR) is 60.1 cm³/mol. The van der Waals surface area contributed by atoms with Crippen LogP contribution in [0.15, 0.2) is 18.2 Å². The molecule has 0 aliphatic carbocycles. The van der Waals surface area contributed by atoms with Gasteiger partial charge in [0.05, 0.1) is 18.3 Å². The molecule has 0 saturated carbocycles. The lowest BCUT2D eigenvalue weighted by Crippen LogP contribution is -2.32. The monoisotopic (exact) mass is 209 g/mol. The van der Waals surface area contributed by atoms with Gasteiger partial charge in [0.1, 0.15) is 0 Å². The summed E-state index contributed by atoms with van der Waals surface area (Å²) in [5.41, 5.74) is 4.63. The summed E-state index contributed by atoms with van der Waals surface area (Å²) in [6, 6.07) is 5.86. The van der Waals surface area contributed by atoms with Gasteiger partial charge in [-0.2, -0.15) is 0 Å². The zero-order chi connectivity index (χ0) is 11.1. The van der Waals surface area contributed by atoms with Crippen LogP contribution in [0.25, 0.3) is 0 Å². The summed E-state index contributed by atoms with van der Waals surface area (Å²) in [5.74, 6) is 5.47. The summed E-state index contributed by atoms with van der Waals surface area (Å²) < 4.78 is 5.45. The van der Waals surface area contributed by atoms with Gasteiger partial charge in [-0.25, -0.2) is 5.43 Å². The highest BCUT2D eigenvalue weighted by molar-refractivity contribution is 5.13. The Bertz CT molecular complexity index is 291. The zero-order valence-electron chi connectivity index (χ0n) is 9.36. The fourth-order valence-corrected chi connectivity index (χ4v) is 1.32. The van der Waals surface area contributed by atoms with E-state index in [4.69, 9.17) is 10.6 Å². The van der Waals surface area contributed by atoms with E-state index in [9.17, 15) is 0 Å². The maximum absolute atomic E-state index is 5.47. The summed E-state index contributed by atoms with van der Waals surface area (Å²) in [7, 11) is 0. The Hall–Kier alpha value is -0.970. The molecule has 0 radical (unpaired) electrons. The molecule has 0 aliphatic heterocycles. The summed E-state index contributed by atoms with van der Waals surface area (Å²) in [4.78, 5) is 4.40. The zero-order valence-corrected chi connectivity index (χ0v) is 9.36. The second kappa shape index (κ2) is 6.50. The van der Waals surface area contributed by atoms with E-state index >= 15 is 0 Å². The maximum Gasteiger partial charge on any atom is 0.0865 e. The van der Waals surface area contributed by atoms with Gasteiger partial charge in [0.15, 0.2) is 0 Å². The molecule has 4 heteroatoms. The van der Waals surface area contributed by atoms with Gasteiger partial charge < -0.3 is 4.74 Å². The molecule has 1 rings (SSSR count). The lowest BCUT2D eigenvalue weighted by molar-refractivity contribution is 0.111. The molecule has 1 atom stereocenters. The second-order valence-electron chi connectivity index (χ2n) is 3.50. The average Bonchev–Trinajstić information content (AvgIpc) is 2.24. The number of nitrogens with one attached hydrogen (secondary N) is 1. The molecule has 0 bridgehead atoms. The van der Waals surface area contributed by atoms with Gasteiger partial charge in [-0.05, 0) is 25.5 Å². The van der Waals surface area contributed by atoms with Crippen LogP contribution < -0.4 is 11.3 Å². The van der Waals surface area contributed by atoms with Crippen molar-refractivity contribution in [2.24, 2.45) is 5.84 Å². The third-order valence-corrected chi connectivity index (χ3v) is 2.10. The molecule has 1 aromatic heterocycles.